The Bertz CT molecular complexity index is 512. The third-order valence-electron chi connectivity index (χ3n) is 2.35. The van der Waals surface area contributed by atoms with E-state index in [2.05, 4.69) is 4.98 Å². The van der Waals surface area contributed by atoms with E-state index in [4.69, 9.17) is 10.8 Å². The van der Waals surface area contributed by atoms with Crippen molar-refractivity contribution in [3.05, 3.63) is 42.1 Å². The molecular weight excluding hydrogens is 204 g/mol. The van der Waals surface area contributed by atoms with Crippen molar-refractivity contribution in [3.63, 3.8) is 0 Å². The molecule has 0 aliphatic rings. The van der Waals surface area contributed by atoms with Gasteiger partial charge in [-0.1, -0.05) is 12.1 Å². The summed E-state index contributed by atoms with van der Waals surface area (Å²) in [6, 6.07) is 8.60. The molecule has 2 aromatic rings. The van der Waals surface area contributed by atoms with Gasteiger partial charge in [0.2, 0.25) is 0 Å². The number of anilines is 1. The van der Waals surface area contributed by atoms with Crippen LogP contribution in [0, 0.1) is 0 Å². The minimum atomic E-state index is -0.147. The van der Waals surface area contributed by atoms with E-state index in [0.717, 1.165) is 11.1 Å². The average Bonchev–Trinajstić information content (AvgIpc) is 2.29. The average molecular weight is 216 g/mol. The first kappa shape index (κ1) is 10.4. The summed E-state index contributed by atoms with van der Waals surface area (Å²) in [4.78, 5) is 3.99. The van der Waals surface area contributed by atoms with Crippen LogP contribution in [0.3, 0.4) is 0 Å². The van der Waals surface area contributed by atoms with Crippen LogP contribution in [0.15, 0.2) is 36.5 Å². The Kier molecular flexibility index (Phi) is 2.74. The first-order chi connectivity index (χ1) is 7.70. The Morgan fingerprint density at radius 3 is 2.69 bits per heavy atom. The number of pyridine rings is 1. The number of hydrogen-bond donors (Lipinski definition) is 3. The Morgan fingerprint density at radius 2 is 2.00 bits per heavy atom. The van der Waals surface area contributed by atoms with E-state index < -0.39 is 0 Å². The van der Waals surface area contributed by atoms with E-state index in [0.29, 0.717) is 11.4 Å². The van der Waals surface area contributed by atoms with Gasteiger partial charge in [0.05, 0.1) is 6.61 Å². The molecule has 0 aliphatic heterocycles. The molecule has 0 saturated heterocycles. The molecule has 1 aromatic heterocycles. The Balaban J connectivity index is 2.48. The minimum Gasteiger partial charge on any atom is -0.508 e. The van der Waals surface area contributed by atoms with E-state index in [1.165, 1.54) is 0 Å². The number of aliphatic hydroxyl groups excluding tert-OH is 1. The summed E-state index contributed by atoms with van der Waals surface area (Å²) < 4.78 is 0. The van der Waals surface area contributed by atoms with E-state index in [-0.39, 0.29) is 12.4 Å². The summed E-state index contributed by atoms with van der Waals surface area (Å²) in [6.45, 7) is -0.147. The molecule has 0 unspecified atom stereocenters. The van der Waals surface area contributed by atoms with Crippen LogP contribution in [-0.4, -0.2) is 15.2 Å². The fourth-order valence-electron chi connectivity index (χ4n) is 1.49. The molecule has 0 spiro atoms. The van der Waals surface area contributed by atoms with Crippen molar-refractivity contribution >= 4 is 5.82 Å². The molecule has 0 radical (unpaired) electrons. The summed E-state index contributed by atoms with van der Waals surface area (Å²) in [7, 11) is 0. The third kappa shape index (κ3) is 1.97. The fraction of sp³-hybridized carbons (Fsp3) is 0.0833. The van der Waals surface area contributed by atoms with E-state index >= 15 is 0 Å². The van der Waals surface area contributed by atoms with Crippen molar-refractivity contribution in [2.45, 2.75) is 6.61 Å². The molecule has 0 atom stereocenters. The number of phenolic OH excluding ortho intramolecular Hbond substituents is 1. The van der Waals surface area contributed by atoms with Crippen LogP contribution in [0.25, 0.3) is 11.1 Å². The normalized spacial score (nSPS) is 10.3. The van der Waals surface area contributed by atoms with Gasteiger partial charge in [0.15, 0.2) is 0 Å². The lowest BCUT2D eigenvalue weighted by Gasteiger charge is -2.06. The van der Waals surface area contributed by atoms with Gasteiger partial charge in [-0.15, -0.1) is 0 Å². The van der Waals surface area contributed by atoms with Crippen LogP contribution in [0.4, 0.5) is 5.82 Å². The summed E-state index contributed by atoms with van der Waals surface area (Å²) >= 11 is 0. The molecule has 82 valence electrons. The first-order valence-electron chi connectivity index (χ1n) is 4.85. The second-order valence-corrected chi connectivity index (χ2v) is 3.48. The molecule has 0 amide bonds. The van der Waals surface area contributed by atoms with Gasteiger partial charge < -0.3 is 15.9 Å². The molecule has 0 aliphatic carbocycles. The summed E-state index contributed by atoms with van der Waals surface area (Å²) in [5.41, 5.74) is 7.82. The Labute approximate surface area is 93.0 Å². The maximum absolute atomic E-state index is 9.36. The number of benzene rings is 1. The highest BCUT2D eigenvalue weighted by atomic mass is 16.3. The number of rotatable bonds is 2. The van der Waals surface area contributed by atoms with Gasteiger partial charge in [-0.2, -0.15) is 0 Å². The van der Waals surface area contributed by atoms with Crippen molar-refractivity contribution in [2.75, 3.05) is 5.73 Å². The SMILES string of the molecule is Nc1ncc(-c2cccc(O)c2)cc1CO. The molecule has 16 heavy (non-hydrogen) atoms. The number of nitrogens with two attached hydrogens (primary N) is 1. The first-order valence-corrected chi connectivity index (χ1v) is 4.85. The standard InChI is InChI=1S/C12H12N2O2/c13-12-10(7-15)4-9(6-14-12)8-2-1-3-11(16)5-8/h1-6,15-16H,7H2,(H2,13,14). The van der Waals surface area contributed by atoms with Crippen LogP contribution in [0.2, 0.25) is 0 Å². The second-order valence-electron chi connectivity index (χ2n) is 3.48. The van der Waals surface area contributed by atoms with Gasteiger partial charge in [0, 0.05) is 17.3 Å². The molecule has 2 rings (SSSR count). The Morgan fingerprint density at radius 1 is 1.19 bits per heavy atom. The molecule has 4 heteroatoms. The number of nitrogen functional groups attached to an aromatic ring is 1. The highest BCUT2D eigenvalue weighted by molar-refractivity contribution is 5.66. The number of aromatic hydroxyl groups is 1. The molecule has 1 aromatic carbocycles. The molecular formula is C12H12N2O2. The van der Waals surface area contributed by atoms with Crippen LogP contribution < -0.4 is 5.73 Å². The fourth-order valence-corrected chi connectivity index (χ4v) is 1.49. The summed E-state index contributed by atoms with van der Waals surface area (Å²) in [6.07, 6.45) is 1.61. The predicted octanol–water partition coefficient (Wildman–Crippen LogP) is 1.53. The maximum atomic E-state index is 9.36. The topological polar surface area (TPSA) is 79.4 Å². The zero-order valence-corrected chi connectivity index (χ0v) is 8.59. The van der Waals surface area contributed by atoms with E-state index in [1.807, 2.05) is 6.07 Å². The van der Waals surface area contributed by atoms with Crippen molar-refractivity contribution in [1.29, 1.82) is 0 Å². The number of phenols is 1. The zero-order chi connectivity index (χ0) is 11.5. The van der Waals surface area contributed by atoms with E-state index in [1.54, 1.807) is 30.5 Å². The van der Waals surface area contributed by atoms with Gasteiger partial charge in [-0.25, -0.2) is 4.98 Å². The molecule has 0 bridgehead atoms. The highest BCUT2D eigenvalue weighted by Crippen LogP contribution is 2.24. The lowest BCUT2D eigenvalue weighted by Crippen LogP contribution is -1.97. The largest absolute Gasteiger partial charge is 0.508 e. The second kappa shape index (κ2) is 4.20. The van der Waals surface area contributed by atoms with Gasteiger partial charge >= 0.3 is 0 Å². The van der Waals surface area contributed by atoms with Crippen LogP contribution >= 0.6 is 0 Å². The summed E-state index contributed by atoms with van der Waals surface area (Å²) in [5, 5.41) is 18.4. The minimum absolute atomic E-state index is 0.147. The molecule has 4 N–H and O–H groups in total. The Hall–Kier alpha value is -2.07. The van der Waals surface area contributed by atoms with Crippen molar-refractivity contribution in [2.24, 2.45) is 0 Å². The maximum Gasteiger partial charge on any atom is 0.128 e. The number of nitrogens with zero attached hydrogens (tertiary/aromatic N) is 1. The van der Waals surface area contributed by atoms with Gasteiger partial charge in [-0.3, -0.25) is 0 Å². The molecule has 1 heterocycles. The lowest BCUT2D eigenvalue weighted by molar-refractivity contribution is 0.282. The smallest absolute Gasteiger partial charge is 0.128 e. The molecule has 4 nitrogen and oxygen atoms in total. The van der Waals surface area contributed by atoms with Gasteiger partial charge in [0.1, 0.15) is 11.6 Å². The molecule has 0 saturated carbocycles. The zero-order valence-electron chi connectivity index (χ0n) is 8.59. The third-order valence-corrected chi connectivity index (χ3v) is 2.35. The quantitative estimate of drug-likeness (QED) is 0.711. The van der Waals surface area contributed by atoms with Crippen LogP contribution in [-0.2, 0) is 6.61 Å². The predicted molar refractivity (Wildman–Crippen MR) is 61.7 cm³/mol. The van der Waals surface area contributed by atoms with Gasteiger partial charge in [0.25, 0.3) is 0 Å². The number of hydrogen-bond acceptors (Lipinski definition) is 4. The van der Waals surface area contributed by atoms with Crippen molar-refractivity contribution in [1.82, 2.24) is 4.98 Å². The summed E-state index contributed by atoms with van der Waals surface area (Å²) in [5.74, 6) is 0.520. The van der Waals surface area contributed by atoms with E-state index in [9.17, 15) is 5.11 Å². The number of aliphatic hydroxyl groups is 1. The molecule has 0 fully saturated rings. The number of aromatic nitrogens is 1. The van der Waals surface area contributed by atoms with Crippen molar-refractivity contribution < 1.29 is 10.2 Å². The van der Waals surface area contributed by atoms with Crippen molar-refractivity contribution in [3.8, 4) is 16.9 Å². The van der Waals surface area contributed by atoms with Crippen LogP contribution in [0.5, 0.6) is 5.75 Å². The lowest BCUT2D eigenvalue weighted by atomic mass is 10.1. The van der Waals surface area contributed by atoms with Crippen LogP contribution in [0.1, 0.15) is 5.56 Å². The van der Waals surface area contributed by atoms with Gasteiger partial charge in [-0.05, 0) is 23.8 Å². The monoisotopic (exact) mass is 216 g/mol. The highest BCUT2D eigenvalue weighted by Gasteiger charge is 2.04.